The first-order chi connectivity index (χ1) is 9.44. The highest BCUT2D eigenvalue weighted by atomic mass is 35.5. The Kier molecular flexibility index (Phi) is 4.52. The van der Waals surface area contributed by atoms with E-state index in [1.165, 1.54) is 35.2 Å². The van der Waals surface area contributed by atoms with Gasteiger partial charge in [-0.1, -0.05) is 29.4 Å². The van der Waals surface area contributed by atoms with Crippen molar-refractivity contribution in [3.8, 4) is 0 Å². The number of halogens is 1. The number of hydrogen-bond donors (Lipinski definition) is 0. The lowest BCUT2D eigenvalue weighted by atomic mass is 10.4. The molecule has 20 heavy (non-hydrogen) atoms. The molecular formula is C12H11ClN2O3S2. The zero-order valence-corrected chi connectivity index (χ0v) is 12.7. The Bertz CT molecular complexity index is 668. The molecule has 1 fully saturated rings. The first-order valence-corrected chi connectivity index (χ1v) is 8.39. The molecular weight excluding hydrogens is 320 g/mol. The van der Waals surface area contributed by atoms with Crippen molar-refractivity contribution >= 4 is 44.5 Å². The molecule has 0 aliphatic carbocycles. The zero-order valence-electron chi connectivity index (χ0n) is 10.3. The number of amidine groups is 1. The Balaban J connectivity index is 2.35. The van der Waals surface area contributed by atoms with Gasteiger partial charge in [0, 0.05) is 11.6 Å². The summed E-state index contributed by atoms with van der Waals surface area (Å²) in [4.78, 5) is 12.9. The zero-order chi connectivity index (χ0) is 14.8. The Morgan fingerprint density at radius 2 is 2.05 bits per heavy atom. The van der Waals surface area contributed by atoms with Gasteiger partial charge in [0.15, 0.2) is 5.17 Å². The summed E-state index contributed by atoms with van der Waals surface area (Å²) in [5, 5.41) is 0.611. The van der Waals surface area contributed by atoms with Crippen molar-refractivity contribution in [1.82, 2.24) is 4.90 Å². The van der Waals surface area contributed by atoms with Crippen LogP contribution in [0.3, 0.4) is 0 Å². The third kappa shape index (κ3) is 3.23. The second-order valence-corrected chi connectivity index (χ2v) is 6.87. The number of sulfonamides is 1. The maximum atomic E-state index is 12.1. The van der Waals surface area contributed by atoms with Gasteiger partial charge in [-0.3, -0.25) is 9.69 Å². The number of rotatable bonds is 4. The van der Waals surface area contributed by atoms with Gasteiger partial charge in [0.2, 0.25) is 5.91 Å². The van der Waals surface area contributed by atoms with E-state index in [2.05, 4.69) is 11.0 Å². The lowest BCUT2D eigenvalue weighted by Gasteiger charge is -2.12. The molecule has 1 saturated heterocycles. The van der Waals surface area contributed by atoms with Crippen LogP contribution in [0.4, 0.5) is 0 Å². The van der Waals surface area contributed by atoms with E-state index in [9.17, 15) is 13.2 Å². The van der Waals surface area contributed by atoms with Crippen LogP contribution in [0.5, 0.6) is 0 Å². The molecule has 106 valence electrons. The average molecular weight is 331 g/mol. The fourth-order valence-corrected chi connectivity index (χ4v) is 3.80. The number of carbonyl (C=O) groups is 1. The smallest absolute Gasteiger partial charge is 0.284 e. The van der Waals surface area contributed by atoms with Gasteiger partial charge in [-0.05, 0) is 24.3 Å². The summed E-state index contributed by atoms with van der Waals surface area (Å²) in [5.74, 6) is 0.00275. The predicted octanol–water partition coefficient (Wildman–Crippen LogP) is 2.15. The maximum Gasteiger partial charge on any atom is 0.284 e. The van der Waals surface area contributed by atoms with Gasteiger partial charge < -0.3 is 0 Å². The Labute approximate surface area is 126 Å². The summed E-state index contributed by atoms with van der Waals surface area (Å²) < 4.78 is 28.0. The summed E-state index contributed by atoms with van der Waals surface area (Å²) in [6.07, 6.45) is 1.52. The molecule has 1 heterocycles. The number of hydrogen-bond acceptors (Lipinski definition) is 4. The van der Waals surface area contributed by atoms with E-state index in [0.29, 0.717) is 5.02 Å². The monoisotopic (exact) mass is 330 g/mol. The highest BCUT2D eigenvalue weighted by molar-refractivity contribution is 8.15. The number of carbonyl (C=O) groups excluding carboxylic acids is 1. The molecule has 0 saturated carbocycles. The quantitative estimate of drug-likeness (QED) is 0.793. The molecule has 1 aliphatic heterocycles. The molecule has 8 heteroatoms. The molecule has 1 aromatic rings. The largest absolute Gasteiger partial charge is 0.286 e. The molecule has 0 bridgehead atoms. The topological polar surface area (TPSA) is 66.8 Å². The summed E-state index contributed by atoms with van der Waals surface area (Å²) in [6.45, 7) is 3.77. The van der Waals surface area contributed by atoms with E-state index < -0.39 is 10.0 Å². The van der Waals surface area contributed by atoms with E-state index in [-0.39, 0.29) is 28.3 Å². The van der Waals surface area contributed by atoms with Crippen LogP contribution in [0.15, 0.2) is 46.2 Å². The van der Waals surface area contributed by atoms with Gasteiger partial charge in [-0.25, -0.2) is 0 Å². The summed E-state index contributed by atoms with van der Waals surface area (Å²) in [7, 11) is -3.85. The Morgan fingerprint density at radius 3 is 2.65 bits per heavy atom. The van der Waals surface area contributed by atoms with Crippen molar-refractivity contribution in [1.29, 1.82) is 0 Å². The number of benzene rings is 1. The molecule has 0 spiro atoms. The molecule has 2 rings (SSSR count). The van der Waals surface area contributed by atoms with Crippen molar-refractivity contribution in [3.05, 3.63) is 41.9 Å². The SMILES string of the molecule is C=CCN1C(=O)CS/C1=N\S(=O)(=O)c1ccc(Cl)cc1. The van der Waals surface area contributed by atoms with Gasteiger partial charge in [-0.2, -0.15) is 8.42 Å². The van der Waals surface area contributed by atoms with Crippen LogP contribution in [0, 0.1) is 0 Å². The van der Waals surface area contributed by atoms with Crippen LogP contribution in [0.25, 0.3) is 0 Å². The van der Waals surface area contributed by atoms with E-state index in [1.54, 1.807) is 0 Å². The second-order valence-electron chi connectivity index (χ2n) is 3.88. The van der Waals surface area contributed by atoms with Gasteiger partial charge in [0.1, 0.15) is 0 Å². The Hall–Kier alpha value is -1.31. The van der Waals surface area contributed by atoms with Crippen molar-refractivity contribution in [3.63, 3.8) is 0 Å². The van der Waals surface area contributed by atoms with Crippen LogP contribution >= 0.6 is 23.4 Å². The molecule has 0 unspecified atom stereocenters. The highest BCUT2D eigenvalue weighted by Gasteiger charge is 2.29. The third-order valence-electron chi connectivity index (χ3n) is 2.48. The van der Waals surface area contributed by atoms with Crippen LogP contribution < -0.4 is 0 Å². The number of nitrogens with zero attached hydrogens (tertiary/aromatic N) is 2. The highest BCUT2D eigenvalue weighted by Crippen LogP contribution is 2.23. The average Bonchev–Trinajstić information content (AvgIpc) is 2.72. The first-order valence-electron chi connectivity index (χ1n) is 5.58. The minimum Gasteiger partial charge on any atom is -0.286 e. The predicted molar refractivity (Wildman–Crippen MR) is 80.4 cm³/mol. The molecule has 0 N–H and O–H groups in total. The minimum absolute atomic E-state index is 0.0351. The van der Waals surface area contributed by atoms with Gasteiger partial charge >= 0.3 is 0 Å². The summed E-state index contributed by atoms with van der Waals surface area (Å²) in [5.41, 5.74) is 0. The second kappa shape index (κ2) is 5.99. The molecule has 0 radical (unpaired) electrons. The fraction of sp³-hybridized carbons (Fsp3) is 0.167. The molecule has 1 amide bonds. The van der Waals surface area contributed by atoms with Crippen LogP contribution in [-0.4, -0.2) is 36.7 Å². The van der Waals surface area contributed by atoms with E-state index in [1.807, 2.05) is 0 Å². The van der Waals surface area contributed by atoms with Crippen molar-refractivity contribution < 1.29 is 13.2 Å². The minimum atomic E-state index is -3.85. The van der Waals surface area contributed by atoms with Crippen molar-refractivity contribution in [2.45, 2.75) is 4.90 Å². The molecule has 1 aliphatic rings. The fourth-order valence-electron chi connectivity index (χ4n) is 1.54. The molecule has 5 nitrogen and oxygen atoms in total. The van der Waals surface area contributed by atoms with Crippen molar-refractivity contribution in [2.75, 3.05) is 12.3 Å². The summed E-state index contributed by atoms with van der Waals surface area (Å²) in [6, 6.07) is 5.70. The number of thioether (sulfide) groups is 1. The molecule has 1 aromatic carbocycles. The van der Waals surface area contributed by atoms with Gasteiger partial charge in [-0.15, -0.1) is 11.0 Å². The summed E-state index contributed by atoms with van der Waals surface area (Å²) >= 11 is 6.81. The Morgan fingerprint density at radius 1 is 1.40 bits per heavy atom. The third-order valence-corrected chi connectivity index (χ3v) is 5.09. The standard InChI is InChI=1S/C12H11ClN2O3S2/c1-2-7-15-11(16)8-19-12(15)14-20(17,18)10-5-3-9(13)4-6-10/h2-6H,1,7-8H2/b14-12-. The van der Waals surface area contributed by atoms with Gasteiger partial charge in [0.05, 0.1) is 10.6 Å². The van der Waals surface area contributed by atoms with Crippen LogP contribution in [0.1, 0.15) is 0 Å². The first kappa shape index (κ1) is 15.1. The van der Waals surface area contributed by atoms with E-state index in [4.69, 9.17) is 11.6 Å². The lowest BCUT2D eigenvalue weighted by molar-refractivity contribution is -0.123. The van der Waals surface area contributed by atoms with Gasteiger partial charge in [0.25, 0.3) is 10.0 Å². The van der Waals surface area contributed by atoms with E-state index in [0.717, 1.165) is 11.8 Å². The molecule has 0 aromatic heterocycles. The maximum absolute atomic E-state index is 12.1. The number of amides is 1. The lowest BCUT2D eigenvalue weighted by Crippen LogP contribution is -2.30. The van der Waals surface area contributed by atoms with E-state index >= 15 is 0 Å². The van der Waals surface area contributed by atoms with Crippen molar-refractivity contribution in [2.24, 2.45) is 4.40 Å². The van der Waals surface area contributed by atoms with Crippen LogP contribution in [-0.2, 0) is 14.8 Å². The van der Waals surface area contributed by atoms with Crippen LogP contribution in [0.2, 0.25) is 5.02 Å². The normalized spacial score (nSPS) is 17.8. The molecule has 0 atom stereocenters.